The standard InChI is InChI=1S/C17H21BrN4O/c1-11(2)6-8-19-16(23)15-7-9-20-17(22-15)21-13-4-5-14(18)12(3)10-13/h4-5,7,9-11H,6,8H2,1-3H3,(H,19,23)(H,20,21,22). The number of halogens is 1. The predicted octanol–water partition coefficient (Wildman–Crippen LogP) is 4.07. The minimum Gasteiger partial charge on any atom is -0.351 e. The van der Waals surface area contributed by atoms with Crippen LogP contribution in [0.2, 0.25) is 0 Å². The van der Waals surface area contributed by atoms with E-state index in [1.54, 1.807) is 12.3 Å². The molecule has 0 aliphatic heterocycles. The summed E-state index contributed by atoms with van der Waals surface area (Å²) in [6.07, 6.45) is 2.53. The largest absolute Gasteiger partial charge is 0.351 e. The van der Waals surface area contributed by atoms with Crippen molar-refractivity contribution in [3.8, 4) is 0 Å². The second kappa shape index (κ2) is 8.06. The Bertz CT molecular complexity index is 688. The number of anilines is 2. The molecule has 0 spiro atoms. The molecule has 1 amide bonds. The van der Waals surface area contributed by atoms with Crippen LogP contribution < -0.4 is 10.6 Å². The van der Waals surface area contributed by atoms with Crippen molar-refractivity contribution in [2.45, 2.75) is 27.2 Å². The predicted molar refractivity (Wildman–Crippen MR) is 96.0 cm³/mol. The van der Waals surface area contributed by atoms with Crippen LogP contribution in [0.3, 0.4) is 0 Å². The topological polar surface area (TPSA) is 66.9 Å². The highest BCUT2D eigenvalue weighted by Crippen LogP contribution is 2.21. The zero-order chi connectivity index (χ0) is 16.8. The highest BCUT2D eigenvalue weighted by Gasteiger charge is 2.09. The third-order valence-corrected chi connectivity index (χ3v) is 4.20. The van der Waals surface area contributed by atoms with E-state index in [0.29, 0.717) is 24.1 Å². The molecule has 5 nitrogen and oxygen atoms in total. The molecule has 0 saturated heterocycles. The smallest absolute Gasteiger partial charge is 0.270 e. The van der Waals surface area contributed by atoms with Crippen LogP contribution in [-0.2, 0) is 0 Å². The van der Waals surface area contributed by atoms with Crippen LogP contribution in [0.1, 0.15) is 36.3 Å². The number of benzene rings is 1. The van der Waals surface area contributed by atoms with Gasteiger partial charge in [-0.05, 0) is 49.1 Å². The molecule has 23 heavy (non-hydrogen) atoms. The lowest BCUT2D eigenvalue weighted by atomic mass is 10.1. The third-order valence-electron chi connectivity index (χ3n) is 3.31. The van der Waals surface area contributed by atoms with Crippen LogP contribution in [0, 0.1) is 12.8 Å². The molecule has 0 unspecified atom stereocenters. The highest BCUT2D eigenvalue weighted by molar-refractivity contribution is 9.10. The summed E-state index contributed by atoms with van der Waals surface area (Å²) in [6, 6.07) is 7.49. The molecule has 6 heteroatoms. The summed E-state index contributed by atoms with van der Waals surface area (Å²) in [5.74, 6) is 0.782. The molecule has 122 valence electrons. The molecule has 0 saturated carbocycles. The average Bonchev–Trinajstić information content (AvgIpc) is 2.51. The minimum absolute atomic E-state index is 0.178. The SMILES string of the molecule is Cc1cc(Nc2nccc(C(=O)NCCC(C)C)n2)ccc1Br. The van der Waals surface area contributed by atoms with E-state index in [2.05, 4.69) is 50.4 Å². The van der Waals surface area contributed by atoms with Gasteiger partial charge in [-0.1, -0.05) is 29.8 Å². The van der Waals surface area contributed by atoms with Gasteiger partial charge in [-0.15, -0.1) is 0 Å². The van der Waals surface area contributed by atoms with Crippen LogP contribution in [0.25, 0.3) is 0 Å². The average molecular weight is 377 g/mol. The molecule has 2 aromatic rings. The number of carbonyl (C=O) groups excluding carboxylic acids is 1. The fraction of sp³-hybridized carbons (Fsp3) is 0.353. The van der Waals surface area contributed by atoms with E-state index in [1.165, 1.54) is 0 Å². The number of hydrogen-bond acceptors (Lipinski definition) is 4. The molecule has 1 heterocycles. The van der Waals surface area contributed by atoms with E-state index in [0.717, 1.165) is 22.1 Å². The molecule has 2 rings (SSSR count). The maximum absolute atomic E-state index is 12.1. The summed E-state index contributed by atoms with van der Waals surface area (Å²) < 4.78 is 1.04. The summed E-state index contributed by atoms with van der Waals surface area (Å²) in [7, 11) is 0. The first-order valence-corrected chi connectivity index (χ1v) is 8.39. The normalized spacial score (nSPS) is 10.7. The number of nitrogens with one attached hydrogen (secondary N) is 2. The fourth-order valence-corrected chi connectivity index (χ4v) is 2.21. The second-order valence-electron chi connectivity index (χ2n) is 5.79. The van der Waals surface area contributed by atoms with E-state index in [1.807, 2.05) is 25.1 Å². The first-order chi connectivity index (χ1) is 11.0. The Balaban J connectivity index is 2.04. The quantitative estimate of drug-likeness (QED) is 0.797. The summed E-state index contributed by atoms with van der Waals surface area (Å²) in [5.41, 5.74) is 2.35. The van der Waals surface area contributed by atoms with Gasteiger partial charge in [0.25, 0.3) is 5.91 Å². The van der Waals surface area contributed by atoms with Gasteiger partial charge in [-0.3, -0.25) is 4.79 Å². The zero-order valence-electron chi connectivity index (χ0n) is 13.6. The monoisotopic (exact) mass is 376 g/mol. The van der Waals surface area contributed by atoms with Gasteiger partial charge >= 0.3 is 0 Å². The van der Waals surface area contributed by atoms with Gasteiger partial charge in [0, 0.05) is 22.9 Å². The van der Waals surface area contributed by atoms with Crippen molar-refractivity contribution in [2.75, 3.05) is 11.9 Å². The fourth-order valence-electron chi connectivity index (χ4n) is 1.96. The molecule has 1 aromatic heterocycles. The first kappa shape index (κ1) is 17.4. The van der Waals surface area contributed by atoms with Crippen LogP contribution in [0.5, 0.6) is 0 Å². The maximum atomic E-state index is 12.1. The van der Waals surface area contributed by atoms with Crippen LogP contribution in [0.15, 0.2) is 34.9 Å². The summed E-state index contributed by atoms with van der Waals surface area (Å²) in [4.78, 5) is 20.5. The van der Waals surface area contributed by atoms with Gasteiger partial charge in [0.05, 0.1) is 0 Å². The van der Waals surface area contributed by atoms with E-state index >= 15 is 0 Å². The molecule has 0 radical (unpaired) electrons. The Morgan fingerprint density at radius 1 is 1.30 bits per heavy atom. The van der Waals surface area contributed by atoms with Crippen molar-refractivity contribution in [3.05, 3.63) is 46.2 Å². The molecule has 2 N–H and O–H groups in total. The number of amides is 1. The number of aromatic nitrogens is 2. The molecule has 0 bridgehead atoms. The van der Waals surface area contributed by atoms with Gasteiger partial charge in [0.2, 0.25) is 5.95 Å². The summed E-state index contributed by atoms with van der Waals surface area (Å²) >= 11 is 3.47. The van der Waals surface area contributed by atoms with E-state index in [4.69, 9.17) is 0 Å². The van der Waals surface area contributed by atoms with Gasteiger partial charge in [-0.2, -0.15) is 0 Å². The molecular weight excluding hydrogens is 356 g/mol. The lowest BCUT2D eigenvalue weighted by molar-refractivity contribution is 0.0947. The van der Waals surface area contributed by atoms with Crippen molar-refractivity contribution in [1.29, 1.82) is 0 Å². The van der Waals surface area contributed by atoms with Crippen molar-refractivity contribution >= 4 is 33.5 Å². The number of nitrogens with zero attached hydrogens (tertiary/aromatic N) is 2. The number of rotatable bonds is 6. The van der Waals surface area contributed by atoms with Crippen molar-refractivity contribution in [3.63, 3.8) is 0 Å². The zero-order valence-corrected chi connectivity index (χ0v) is 15.1. The van der Waals surface area contributed by atoms with Gasteiger partial charge in [0.15, 0.2) is 0 Å². The Kier molecular flexibility index (Phi) is 6.10. The van der Waals surface area contributed by atoms with Crippen LogP contribution in [0.4, 0.5) is 11.6 Å². The highest BCUT2D eigenvalue weighted by atomic mass is 79.9. The van der Waals surface area contributed by atoms with Crippen LogP contribution >= 0.6 is 15.9 Å². The van der Waals surface area contributed by atoms with E-state index in [-0.39, 0.29) is 5.91 Å². The number of hydrogen-bond donors (Lipinski definition) is 2. The molecule has 0 aliphatic carbocycles. The summed E-state index contributed by atoms with van der Waals surface area (Å²) in [5, 5.41) is 5.99. The lowest BCUT2D eigenvalue weighted by Crippen LogP contribution is -2.26. The number of carbonyl (C=O) groups is 1. The Hall–Kier alpha value is -1.95. The Morgan fingerprint density at radius 3 is 2.78 bits per heavy atom. The molecular formula is C17H21BrN4O. The molecule has 0 aliphatic rings. The van der Waals surface area contributed by atoms with Gasteiger partial charge in [-0.25, -0.2) is 9.97 Å². The lowest BCUT2D eigenvalue weighted by Gasteiger charge is -2.09. The van der Waals surface area contributed by atoms with Gasteiger partial charge in [0.1, 0.15) is 5.69 Å². The first-order valence-electron chi connectivity index (χ1n) is 7.60. The maximum Gasteiger partial charge on any atom is 0.270 e. The van der Waals surface area contributed by atoms with E-state index in [9.17, 15) is 4.79 Å². The molecule has 0 atom stereocenters. The van der Waals surface area contributed by atoms with Crippen molar-refractivity contribution < 1.29 is 4.79 Å². The summed E-state index contributed by atoms with van der Waals surface area (Å²) in [6.45, 7) is 6.90. The third kappa shape index (κ3) is 5.32. The second-order valence-corrected chi connectivity index (χ2v) is 6.65. The number of aryl methyl sites for hydroxylation is 1. The van der Waals surface area contributed by atoms with E-state index < -0.39 is 0 Å². The van der Waals surface area contributed by atoms with Crippen molar-refractivity contribution in [2.24, 2.45) is 5.92 Å². The minimum atomic E-state index is -0.178. The van der Waals surface area contributed by atoms with Crippen LogP contribution in [-0.4, -0.2) is 22.4 Å². The van der Waals surface area contributed by atoms with Crippen molar-refractivity contribution in [1.82, 2.24) is 15.3 Å². The Morgan fingerprint density at radius 2 is 2.09 bits per heavy atom. The Labute approximate surface area is 145 Å². The molecule has 1 aromatic carbocycles. The van der Waals surface area contributed by atoms with Gasteiger partial charge < -0.3 is 10.6 Å². The molecule has 0 fully saturated rings.